The Morgan fingerprint density at radius 2 is 1.96 bits per heavy atom. The van der Waals surface area contributed by atoms with Crippen LogP contribution in [0.3, 0.4) is 0 Å². The predicted molar refractivity (Wildman–Crippen MR) is 96.7 cm³/mol. The molecule has 26 heavy (non-hydrogen) atoms. The summed E-state index contributed by atoms with van der Waals surface area (Å²) in [5, 5.41) is 15.5. The number of H-pyrrole nitrogens is 1. The van der Waals surface area contributed by atoms with Crippen LogP contribution in [0, 0.1) is 5.82 Å². The molecule has 134 valence electrons. The van der Waals surface area contributed by atoms with Gasteiger partial charge in [-0.3, -0.25) is 9.59 Å². The van der Waals surface area contributed by atoms with Crippen LogP contribution in [0.4, 0.5) is 10.1 Å². The Balaban J connectivity index is 1.57. The molecule has 1 heterocycles. The molecule has 3 aromatic rings. The molecule has 0 saturated heterocycles. The number of phenols is 1. The quantitative estimate of drug-likeness (QED) is 0.417. The van der Waals surface area contributed by atoms with Gasteiger partial charge in [-0.2, -0.15) is 0 Å². The lowest BCUT2D eigenvalue weighted by Gasteiger charge is -2.08. The largest absolute Gasteiger partial charge is 0.506 e. The Morgan fingerprint density at radius 1 is 1.15 bits per heavy atom. The van der Waals surface area contributed by atoms with Crippen LogP contribution in [0.5, 0.6) is 5.75 Å². The standard InChI is InChI=1S/C18H15ClFN3O3/c19-11-1-4-16(24)15(7-11)23-18(26)17(25)21-6-5-10-9-22-14-3-2-12(20)8-13(10)14/h1-4,7-9,22,24H,5-6H2,(H,21,25)(H,23,26). The lowest BCUT2D eigenvalue weighted by Crippen LogP contribution is -2.36. The lowest BCUT2D eigenvalue weighted by atomic mass is 10.1. The number of nitrogens with one attached hydrogen (secondary N) is 3. The number of rotatable bonds is 4. The Morgan fingerprint density at radius 3 is 2.77 bits per heavy atom. The maximum Gasteiger partial charge on any atom is 0.313 e. The van der Waals surface area contributed by atoms with Crippen molar-refractivity contribution in [2.45, 2.75) is 6.42 Å². The van der Waals surface area contributed by atoms with Gasteiger partial charge in [-0.25, -0.2) is 4.39 Å². The van der Waals surface area contributed by atoms with Crippen LogP contribution in [0.1, 0.15) is 5.56 Å². The third-order valence-electron chi connectivity index (χ3n) is 3.82. The first-order valence-electron chi connectivity index (χ1n) is 7.77. The first-order valence-corrected chi connectivity index (χ1v) is 8.15. The second kappa shape index (κ2) is 7.45. The second-order valence-electron chi connectivity index (χ2n) is 5.63. The van der Waals surface area contributed by atoms with E-state index in [0.717, 1.165) is 16.5 Å². The van der Waals surface area contributed by atoms with E-state index in [4.69, 9.17) is 11.6 Å². The molecule has 8 heteroatoms. The van der Waals surface area contributed by atoms with Gasteiger partial charge in [0.2, 0.25) is 0 Å². The number of carbonyl (C=O) groups excluding carboxylic acids is 2. The van der Waals surface area contributed by atoms with Crippen molar-refractivity contribution in [3.63, 3.8) is 0 Å². The van der Waals surface area contributed by atoms with Crippen LogP contribution in [0.25, 0.3) is 10.9 Å². The van der Waals surface area contributed by atoms with Gasteiger partial charge in [-0.1, -0.05) is 11.6 Å². The highest BCUT2D eigenvalue weighted by atomic mass is 35.5. The summed E-state index contributed by atoms with van der Waals surface area (Å²) in [7, 11) is 0. The lowest BCUT2D eigenvalue weighted by molar-refractivity contribution is -0.136. The average Bonchev–Trinajstić information content (AvgIpc) is 3.00. The van der Waals surface area contributed by atoms with Crippen molar-refractivity contribution in [2.24, 2.45) is 0 Å². The van der Waals surface area contributed by atoms with E-state index < -0.39 is 11.8 Å². The van der Waals surface area contributed by atoms with Crippen LogP contribution in [-0.2, 0) is 16.0 Å². The molecule has 0 spiro atoms. The van der Waals surface area contributed by atoms with Crippen molar-refractivity contribution < 1.29 is 19.1 Å². The van der Waals surface area contributed by atoms with Gasteiger partial charge in [0.1, 0.15) is 11.6 Å². The third kappa shape index (κ3) is 3.94. The number of carbonyl (C=O) groups is 2. The topological polar surface area (TPSA) is 94.2 Å². The zero-order valence-electron chi connectivity index (χ0n) is 13.5. The Bertz CT molecular complexity index is 987. The molecule has 1 aromatic heterocycles. The smallest absolute Gasteiger partial charge is 0.313 e. The zero-order chi connectivity index (χ0) is 18.7. The molecule has 0 aliphatic carbocycles. The van der Waals surface area contributed by atoms with Gasteiger partial charge < -0.3 is 20.7 Å². The van der Waals surface area contributed by atoms with Crippen molar-refractivity contribution in [3.05, 3.63) is 59.0 Å². The minimum atomic E-state index is -0.924. The monoisotopic (exact) mass is 375 g/mol. The number of hydrogen-bond acceptors (Lipinski definition) is 3. The number of fused-ring (bicyclic) bond motifs is 1. The van der Waals surface area contributed by atoms with Crippen molar-refractivity contribution in [1.29, 1.82) is 0 Å². The number of aromatic hydroxyl groups is 1. The minimum absolute atomic E-state index is 0.0461. The molecule has 0 saturated carbocycles. The number of aromatic nitrogens is 1. The van der Waals surface area contributed by atoms with Crippen LogP contribution in [-0.4, -0.2) is 28.4 Å². The second-order valence-corrected chi connectivity index (χ2v) is 6.06. The van der Waals surface area contributed by atoms with E-state index in [0.29, 0.717) is 11.4 Å². The molecule has 3 rings (SSSR count). The summed E-state index contributed by atoms with van der Waals surface area (Å²) in [5.41, 5.74) is 1.67. The van der Waals surface area contributed by atoms with E-state index in [-0.39, 0.29) is 23.8 Å². The maximum atomic E-state index is 13.4. The van der Waals surface area contributed by atoms with E-state index in [1.807, 2.05) is 0 Å². The molecule has 0 unspecified atom stereocenters. The van der Waals surface area contributed by atoms with Crippen molar-refractivity contribution >= 4 is 40.0 Å². The highest BCUT2D eigenvalue weighted by molar-refractivity contribution is 6.40. The fraction of sp³-hybridized carbons (Fsp3) is 0.111. The summed E-state index contributed by atoms with van der Waals surface area (Å²) >= 11 is 5.79. The summed E-state index contributed by atoms with van der Waals surface area (Å²) in [6.45, 7) is 0.192. The summed E-state index contributed by atoms with van der Waals surface area (Å²) in [6.07, 6.45) is 2.16. The molecule has 0 fully saturated rings. The van der Waals surface area contributed by atoms with Gasteiger partial charge in [-0.15, -0.1) is 0 Å². The Labute approximate surface area is 153 Å². The number of anilines is 1. The molecule has 2 amide bonds. The normalized spacial score (nSPS) is 10.7. The van der Waals surface area contributed by atoms with Crippen molar-refractivity contribution in [1.82, 2.24) is 10.3 Å². The van der Waals surface area contributed by atoms with Gasteiger partial charge in [0, 0.05) is 28.7 Å². The first-order chi connectivity index (χ1) is 12.4. The molecule has 6 nitrogen and oxygen atoms in total. The van der Waals surface area contributed by atoms with Crippen LogP contribution in [0.2, 0.25) is 5.02 Å². The summed E-state index contributed by atoms with van der Waals surface area (Å²) in [5.74, 6) is -2.32. The van der Waals surface area contributed by atoms with Crippen molar-refractivity contribution in [3.8, 4) is 5.75 Å². The van der Waals surface area contributed by atoms with E-state index in [2.05, 4.69) is 15.6 Å². The summed E-state index contributed by atoms with van der Waals surface area (Å²) < 4.78 is 13.4. The van der Waals surface area contributed by atoms with E-state index in [1.54, 1.807) is 12.3 Å². The zero-order valence-corrected chi connectivity index (χ0v) is 14.2. The predicted octanol–water partition coefficient (Wildman–Crippen LogP) is 2.96. The van der Waals surface area contributed by atoms with Gasteiger partial charge >= 0.3 is 11.8 Å². The molecule has 0 bridgehead atoms. The number of halogens is 2. The maximum absolute atomic E-state index is 13.4. The van der Waals surface area contributed by atoms with Gasteiger partial charge in [0.25, 0.3) is 0 Å². The van der Waals surface area contributed by atoms with Crippen molar-refractivity contribution in [2.75, 3.05) is 11.9 Å². The molecule has 0 atom stereocenters. The number of amides is 2. The molecule has 0 aliphatic rings. The summed E-state index contributed by atoms with van der Waals surface area (Å²) in [6, 6.07) is 8.51. The first kappa shape index (κ1) is 17.8. The molecule has 0 aliphatic heterocycles. The van der Waals surface area contributed by atoms with Crippen LogP contribution in [0.15, 0.2) is 42.6 Å². The van der Waals surface area contributed by atoms with E-state index in [9.17, 15) is 19.1 Å². The molecule has 2 aromatic carbocycles. The third-order valence-corrected chi connectivity index (χ3v) is 4.06. The Hall–Kier alpha value is -3.06. The van der Waals surface area contributed by atoms with Gasteiger partial charge in [-0.05, 0) is 48.4 Å². The molecule has 0 radical (unpaired) electrons. The van der Waals surface area contributed by atoms with E-state index >= 15 is 0 Å². The number of benzene rings is 2. The SMILES string of the molecule is O=C(NCCc1c[nH]c2ccc(F)cc12)C(=O)Nc1cc(Cl)ccc1O. The highest BCUT2D eigenvalue weighted by Crippen LogP contribution is 2.26. The average molecular weight is 376 g/mol. The van der Waals surface area contributed by atoms with Gasteiger partial charge in [0.05, 0.1) is 5.69 Å². The number of hydrogen-bond donors (Lipinski definition) is 4. The number of phenolic OH excluding ortho intramolecular Hbond substituents is 1. The molecular formula is C18H15ClFN3O3. The fourth-order valence-electron chi connectivity index (χ4n) is 2.54. The summed E-state index contributed by atoms with van der Waals surface area (Å²) in [4.78, 5) is 26.8. The molecule has 4 N–H and O–H groups in total. The van der Waals surface area contributed by atoms with E-state index in [1.165, 1.54) is 30.3 Å². The minimum Gasteiger partial charge on any atom is -0.506 e. The van der Waals surface area contributed by atoms with Crippen LogP contribution < -0.4 is 10.6 Å². The van der Waals surface area contributed by atoms with Gasteiger partial charge in [0.15, 0.2) is 0 Å². The number of aromatic amines is 1. The fourth-order valence-corrected chi connectivity index (χ4v) is 2.71. The highest BCUT2D eigenvalue weighted by Gasteiger charge is 2.15. The Kier molecular flexibility index (Phi) is 5.09. The molecular weight excluding hydrogens is 361 g/mol. The van der Waals surface area contributed by atoms with Crippen LogP contribution >= 0.6 is 11.6 Å².